The van der Waals surface area contributed by atoms with E-state index in [-0.39, 0.29) is 37.1 Å². The number of amides is 3. The van der Waals surface area contributed by atoms with E-state index in [0.29, 0.717) is 48.6 Å². The summed E-state index contributed by atoms with van der Waals surface area (Å²) in [6.45, 7) is 1.19. The highest BCUT2D eigenvalue weighted by Crippen LogP contribution is 2.33. The molecule has 8 nitrogen and oxygen atoms in total. The highest BCUT2D eigenvalue weighted by atomic mass is 16.7. The van der Waals surface area contributed by atoms with Gasteiger partial charge >= 0.3 is 0 Å². The van der Waals surface area contributed by atoms with E-state index in [1.54, 1.807) is 47.4 Å². The summed E-state index contributed by atoms with van der Waals surface area (Å²) < 4.78 is 10.6. The van der Waals surface area contributed by atoms with Crippen molar-refractivity contribution in [2.45, 2.75) is 18.9 Å². The minimum absolute atomic E-state index is 0.0214. The van der Waals surface area contributed by atoms with E-state index in [1.165, 1.54) is 0 Å². The summed E-state index contributed by atoms with van der Waals surface area (Å²) in [7, 11) is 0. The van der Waals surface area contributed by atoms with Gasteiger partial charge in [0.25, 0.3) is 11.8 Å². The number of hydrogen-bond acceptors (Lipinski definition) is 5. The van der Waals surface area contributed by atoms with Gasteiger partial charge in [-0.3, -0.25) is 14.4 Å². The standard InChI is InChI=1S/C22H23N3O5/c26-20(13-23-21(27)15-4-2-1-3-5-15)24-17-8-10-25(11-9-17)22(28)16-6-7-18-19(12-16)30-14-29-18/h1-7,12,17H,8-11,13-14H2,(H,23,27)(H,24,26). The number of likely N-dealkylation sites (tertiary alicyclic amines) is 1. The Kier molecular flexibility index (Phi) is 5.83. The molecule has 0 unspecified atom stereocenters. The van der Waals surface area contributed by atoms with Crippen LogP contribution < -0.4 is 20.1 Å². The summed E-state index contributed by atoms with van der Waals surface area (Å²) in [6, 6.07) is 13.9. The molecule has 2 aromatic rings. The predicted molar refractivity (Wildman–Crippen MR) is 108 cm³/mol. The van der Waals surface area contributed by atoms with Gasteiger partial charge in [-0.15, -0.1) is 0 Å². The fraction of sp³-hybridized carbons (Fsp3) is 0.318. The van der Waals surface area contributed by atoms with Gasteiger partial charge in [0.2, 0.25) is 12.7 Å². The molecule has 0 radical (unpaired) electrons. The van der Waals surface area contributed by atoms with Gasteiger partial charge in [0.05, 0.1) is 6.54 Å². The molecular formula is C22H23N3O5. The maximum absolute atomic E-state index is 12.7. The second-order valence-corrected chi connectivity index (χ2v) is 7.25. The molecule has 2 aliphatic rings. The zero-order valence-corrected chi connectivity index (χ0v) is 16.4. The Morgan fingerprint density at radius 2 is 1.67 bits per heavy atom. The highest BCUT2D eigenvalue weighted by Gasteiger charge is 2.26. The SMILES string of the molecule is O=C(CNC(=O)c1ccccc1)NC1CCN(C(=O)c2ccc3c(c2)OCO3)CC1. The third-order valence-electron chi connectivity index (χ3n) is 5.21. The van der Waals surface area contributed by atoms with Crippen molar-refractivity contribution in [2.24, 2.45) is 0 Å². The molecule has 1 fully saturated rings. The molecule has 2 aliphatic heterocycles. The molecule has 4 rings (SSSR count). The van der Waals surface area contributed by atoms with Gasteiger partial charge in [0, 0.05) is 30.3 Å². The first kappa shape index (κ1) is 19.8. The molecule has 30 heavy (non-hydrogen) atoms. The lowest BCUT2D eigenvalue weighted by atomic mass is 10.0. The average Bonchev–Trinajstić information content (AvgIpc) is 3.26. The molecule has 3 amide bonds. The molecule has 2 N–H and O–H groups in total. The van der Waals surface area contributed by atoms with Crippen LogP contribution in [0, 0.1) is 0 Å². The summed E-state index contributed by atoms with van der Waals surface area (Å²) in [4.78, 5) is 38.7. The number of hydrogen-bond donors (Lipinski definition) is 2. The summed E-state index contributed by atoms with van der Waals surface area (Å²) >= 11 is 0. The molecule has 8 heteroatoms. The highest BCUT2D eigenvalue weighted by molar-refractivity contribution is 5.96. The van der Waals surface area contributed by atoms with E-state index in [4.69, 9.17) is 9.47 Å². The van der Waals surface area contributed by atoms with E-state index >= 15 is 0 Å². The number of benzene rings is 2. The minimum Gasteiger partial charge on any atom is -0.454 e. The van der Waals surface area contributed by atoms with Gasteiger partial charge in [-0.05, 0) is 43.2 Å². The molecule has 156 valence electrons. The van der Waals surface area contributed by atoms with Crippen LogP contribution in [0.5, 0.6) is 11.5 Å². The fourth-order valence-corrected chi connectivity index (χ4v) is 3.57. The number of nitrogens with zero attached hydrogens (tertiary/aromatic N) is 1. The van der Waals surface area contributed by atoms with Crippen LogP contribution in [0.2, 0.25) is 0 Å². The van der Waals surface area contributed by atoms with Crippen LogP contribution in [0.25, 0.3) is 0 Å². The Labute approximate surface area is 174 Å². The van der Waals surface area contributed by atoms with Crippen LogP contribution in [0.4, 0.5) is 0 Å². The zero-order chi connectivity index (χ0) is 20.9. The number of carbonyl (C=O) groups excluding carboxylic acids is 3. The Hall–Kier alpha value is -3.55. The molecule has 2 aromatic carbocycles. The van der Waals surface area contributed by atoms with Crippen LogP contribution in [0.15, 0.2) is 48.5 Å². The van der Waals surface area contributed by atoms with Crippen LogP contribution >= 0.6 is 0 Å². The molecule has 0 atom stereocenters. The van der Waals surface area contributed by atoms with Gasteiger partial charge in [0.1, 0.15) is 0 Å². The van der Waals surface area contributed by atoms with E-state index in [2.05, 4.69) is 10.6 Å². The Bertz CT molecular complexity index is 939. The molecule has 0 bridgehead atoms. The number of fused-ring (bicyclic) bond motifs is 1. The predicted octanol–water partition coefficient (Wildman–Crippen LogP) is 1.57. The van der Waals surface area contributed by atoms with Crippen molar-refractivity contribution in [2.75, 3.05) is 26.4 Å². The van der Waals surface area contributed by atoms with Gasteiger partial charge in [-0.2, -0.15) is 0 Å². The summed E-state index contributed by atoms with van der Waals surface area (Å²) in [5.41, 5.74) is 1.07. The van der Waals surface area contributed by atoms with Gasteiger partial charge < -0.3 is 25.0 Å². The maximum Gasteiger partial charge on any atom is 0.253 e. The van der Waals surface area contributed by atoms with Crippen molar-refractivity contribution in [3.05, 3.63) is 59.7 Å². The maximum atomic E-state index is 12.7. The van der Waals surface area contributed by atoms with Crippen molar-refractivity contribution >= 4 is 17.7 Å². The summed E-state index contributed by atoms with van der Waals surface area (Å²) in [5, 5.41) is 5.55. The molecule has 0 saturated carbocycles. The summed E-state index contributed by atoms with van der Waals surface area (Å²) in [5.74, 6) is 0.649. The lowest BCUT2D eigenvalue weighted by molar-refractivity contribution is -0.121. The van der Waals surface area contributed by atoms with E-state index in [9.17, 15) is 14.4 Å². The normalized spacial score (nSPS) is 15.5. The van der Waals surface area contributed by atoms with Gasteiger partial charge in [0.15, 0.2) is 11.5 Å². The van der Waals surface area contributed by atoms with Crippen LogP contribution in [-0.4, -0.2) is 55.1 Å². The second-order valence-electron chi connectivity index (χ2n) is 7.25. The van der Waals surface area contributed by atoms with E-state index in [1.807, 2.05) is 6.07 Å². The first-order valence-corrected chi connectivity index (χ1v) is 9.92. The second kappa shape index (κ2) is 8.86. The average molecular weight is 409 g/mol. The number of nitrogens with one attached hydrogen (secondary N) is 2. The van der Waals surface area contributed by atoms with Gasteiger partial charge in [-0.25, -0.2) is 0 Å². The third kappa shape index (κ3) is 4.53. The molecule has 2 heterocycles. The number of carbonyl (C=O) groups is 3. The molecule has 1 saturated heterocycles. The molecule has 0 aliphatic carbocycles. The van der Waals surface area contributed by atoms with Crippen molar-refractivity contribution < 1.29 is 23.9 Å². The first-order valence-electron chi connectivity index (χ1n) is 9.92. The smallest absolute Gasteiger partial charge is 0.253 e. The van der Waals surface area contributed by atoms with Crippen molar-refractivity contribution in [1.82, 2.24) is 15.5 Å². The number of rotatable bonds is 5. The zero-order valence-electron chi connectivity index (χ0n) is 16.4. The molecular weight excluding hydrogens is 386 g/mol. The minimum atomic E-state index is -0.283. The lowest BCUT2D eigenvalue weighted by Crippen LogP contribution is -2.48. The van der Waals surface area contributed by atoms with Crippen molar-refractivity contribution in [3.63, 3.8) is 0 Å². The summed E-state index contributed by atoms with van der Waals surface area (Å²) in [6.07, 6.45) is 1.32. The monoisotopic (exact) mass is 409 g/mol. The lowest BCUT2D eigenvalue weighted by Gasteiger charge is -2.32. The van der Waals surface area contributed by atoms with Gasteiger partial charge in [-0.1, -0.05) is 18.2 Å². The van der Waals surface area contributed by atoms with Crippen molar-refractivity contribution in [3.8, 4) is 11.5 Å². The Morgan fingerprint density at radius 3 is 2.43 bits per heavy atom. The number of piperidine rings is 1. The first-order chi connectivity index (χ1) is 14.6. The molecule has 0 aromatic heterocycles. The van der Waals surface area contributed by atoms with Crippen LogP contribution in [-0.2, 0) is 4.79 Å². The number of ether oxygens (including phenoxy) is 2. The Morgan fingerprint density at radius 1 is 0.933 bits per heavy atom. The Balaban J connectivity index is 1.22. The largest absolute Gasteiger partial charge is 0.454 e. The third-order valence-corrected chi connectivity index (χ3v) is 5.21. The van der Waals surface area contributed by atoms with E-state index in [0.717, 1.165) is 0 Å². The van der Waals surface area contributed by atoms with Crippen LogP contribution in [0.3, 0.4) is 0 Å². The fourth-order valence-electron chi connectivity index (χ4n) is 3.57. The molecule has 0 spiro atoms. The van der Waals surface area contributed by atoms with E-state index < -0.39 is 0 Å². The van der Waals surface area contributed by atoms with Crippen LogP contribution in [0.1, 0.15) is 33.6 Å². The van der Waals surface area contributed by atoms with Crippen molar-refractivity contribution in [1.29, 1.82) is 0 Å². The quantitative estimate of drug-likeness (QED) is 0.781. The topological polar surface area (TPSA) is 97.0 Å².